The van der Waals surface area contributed by atoms with E-state index in [4.69, 9.17) is 28.4 Å². The molecule has 12 nitrogen and oxygen atoms in total. The summed E-state index contributed by atoms with van der Waals surface area (Å²) in [6, 6.07) is 0. The van der Waals surface area contributed by atoms with Crippen LogP contribution in [0.25, 0.3) is 0 Å². The summed E-state index contributed by atoms with van der Waals surface area (Å²) >= 11 is 2.04. The highest BCUT2D eigenvalue weighted by Crippen LogP contribution is 2.47. The monoisotopic (exact) mass is 1370 g/mol. The van der Waals surface area contributed by atoms with Crippen molar-refractivity contribution < 1.29 is 47.6 Å². The minimum Gasteiger partial charge on any atom is -0.487 e. The molecule has 0 radical (unpaired) electrons. The van der Waals surface area contributed by atoms with Gasteiger partial charge in [0.15, 0.2) is 0 Å². The maximum atomic E-state index is 13.2. The SMILES string of the molecule is Cc1c(C)c2c(c(C)c1OC(=O)CCC(=O)OCCC1CCN(CCSCCN3CCC(CCOC(=O)CCC(=O)Oc4c(C)c(C)c5c(c4C)CC[C@@](C)(CCC[C@H](C)CCC[C@H](C)CCCC(C)C)O5)CC3)CC1)CC[C@@](C)(CCC[C@H](C)CCC[C@H](C)CCCC(C)C)O2. The van der Waals surface area contributed by atoms with Crippen LogP contribution in [-0.4, -0.2) is 109 Å². The van der Waals surface area contributed by atoms with Gasteiger partial charge in [-0.05, 0) is 252 Å². The molecule has 0 spiro atoms. The first-order chi connectivity index (χ1) is 46.2. The molecule has 6 atom stereocenters. The van der Waals surface area contributed by atoms with Crippen LogP contribution in [0.4, 0.5) is 0 Å². The summed E-state index contributed by atoms with van der Waals surface area (Å²) in [5, 5.41) is 0. The zero-order valence-corrected chi connectivity index (χ0v) is 65.5. The van der Waals surface area contributed by atoms with E-state index in [-0.39, 0.29) is 48.8 Å². The quantitative estimate of drug-likeness (QED) is 0.0355. The average Bonchev–Trinajstić information content (AvgIpc) is 0.768. The first-order valence-electron chi connectivity index (χ1n) is 39.6. The number of likely N-dealkylation sites (tertiary alicyclic amines) is 2. The summed E-state index contributed by atoms with van der Waals surface area (Å²) in [5.41, 5.74) is 7.72. The van der Waals surface area contributed by atoms with Gasteiger partial charge in [-0.25, -0.2) is 0 Å². The first kappa shape index (κ1) is 82.1. The van der Waals surface area contributed by atoms with Gasteiger partial charge in [-0.15, -0.1) is 0 Å². The minimum atomic E-state index is -0.404. The summed E-state index contributed by atoms with van der Waals surface area (Å²) < 4.78 is 37.0. The standard InChI is InChI=1S/C84H140N2O10S/c1-59(2)23-17-25-61(5)27-19-29-63(7)31-21-45-83(15)47-37-73-69(13)79(65(9)67(11)81(73)95-83)93-77(89)35-33-75(87)91-55-43-71-39-49-85(50-40-71)53-57-97-58-54-86-51-41-72(42-52-86)44-56-92-76(88)34-36-78(90)94-80-66(10)68(12)82-74(70(80)14)38-48-84(16,96-82)46-22-32-64(8)30-20-28-62(6)26-18-24-60(3)4/h59-64,71-72H,17-58H2,1-16H3/t61-,62-,63-,64-,83-,84-/m1/s1. The molecule has 13 heteroatoms. The van der Waals surface area contributed by atoms with Crippen LogP contribution in [0.2, 0.25) is 0 Å². The lowest BCUT2D eigenvalue weighted by Crippen LogP contribution is -2.37. The Morgan fingerprint density at radius 1 is 0.443 bits per heavy atom. The Kier molecular flexibility index (Phi) is 35.5. The highest BCUT2D eigenvalue weighted by Gasteiger charge is 2.37. The zero-order chi connectivity index (χ0) is 70.7. The van der Waals surface area contributed by atoms with E-state index in [9.17, 15) is 19.2 Å². The summed E-state index contributed by atoms with van der Waals surface area (Å²) in [4.78, 5) is 57.1. The number of esters is 4. The van der Waals surface area contributed by atoms with Crippen molar-refractivity contribution in [2.24, 2.45) is 47.3 Å². The van der Waals surface area contributed by atoms with Crippen molar-refractivity contribution in [1.82, 2.24) is 9.80 Å². The van der Waals surface area contributed by atoms with Gasteiger partial charge in [0.05, 0.1) is 38.9 Å². The van der Waals surface area contributed by atoms with Gasteiger partial charge in [-0.1, -0.05) is 145 Å². The largest absolute Gasteiger partial charge is 0.487 e. The van der Waals surface area contributed by atoms with Gasteiger partial charge >= 0.3 is 23.9 Å². The van der Waals surface area contributed by atoms with Crippen LogP contribution in [-0.2, 0) is 41.5 Å². The Hall–Kier alpha value is -3.81. The van der Waals surface area contributed by atoms with E-state index in [1.807, 2.05) is 39.5 Å². The van der Waals surface area contributed by atoms with E-state index in [1.54, 1.807) is 0 Å². The van der Waals surface area contributed by atoms with E-state index in [1.165, 1.54) is 103 Å². The van der Waals surface area contributed by atoms with Crippen molar-refractivity contribution in [2.75, 3.05) is 64.0 Å². The number of nitrogens with zero attached hydrogens (tertiary/aromatic N) is 2. The van der Waals surface area contributed by atoms with Crippen molar-refractivity contribution in [2.45, 2.75) is 327 Å². The molecule has 4 aliphatic heterocycles. The topological polar surface area (TPSA) is 130 Å². The van der Waals surface area contributed by atoms with Gasteiger partial charge in [0, 0.05) is 35.7 Å². The maximum absolute atomic E-state index is 13.2. The van der Waals surface area contributed by atoms with Crippen molar-refractivity contribution in [3.05, 3.63) is 44.5 Å². The minimum absolute atomic E-state index is 0.00938. The molecule has 4 aliphatic rings. The van der Waals surface area contributed by atoms with Gasteiger partial charge in [0.1, 0.15) is 34.2 Å². The fraction of sp³-hybridized carbons (Fsp3) is 0.810. The normalized spacial score (nSPS) is 20.0. The predicted octanol–water partition coefficient (Wildman–Crippen LogP) is 20.7. The van der Waals surface area contributed by atoms with Crippen LogP contribution < -0.4 is 18.9 Å². The Balaban J connectivity index is 0.748. The van der Waals surface area contributed by atoms with Crippen molar-refractivity contribution in [3.8, 4) is 23.0 Å². The number of hydrogen-bond donors (Lipinski definition) is 0. The molecule has 4 heterocycles. The lowest BCUT2D eigenvalue weighted by molar-refractivity contribution is -0.147. The van der Waals surface area contributed by atoms with E-state index in [0.29, 0.717) is 36.5 Å². The van der Waals surface area contributed by atoms with Gasteiger partial charge in [0.2, 0.25) is 0 Å². The van der Waals surface area contributed by atoms with E-state index >= 15 is 0 Å². The molecule has 0 saturated carbocycles. The maximum Gasteiger partial charge on any atom is 0.311 e. The Morgan fingerprint density at radius 3 is 1.10 bits per heavy atom. The number of hydrogen-bond acceptors (Lipinski definition) is 13. The Labute approximate surface area is 596 Å². The molecule has 6 rings (SSSR count). The number of piperidine rings is 2. The van der Waals surface area contributed by atoms with Gasteiger partial charge in [-0.2, -0.15) is 11.8 Å². The number of fused-ring (bicyclic) bond motifs is 2. The fourth-order valence-corrected chi connectivity index (χ4v) is 16.9. The van der Waals surface area contributed by atoms with Crippen LogP contribution in [0.1, 0.15) is 306 Å². The zero-order valence-electron chi connectivity index (χ0n) is 64.7. The first-order valence-corrected chi connectivity index (χ1v) is 40.8. The number of rotatable bonds is 44. The summed E-state index contributed by atoms with van der Waals surface area (Å²) in [5.74, 6) is 9.74. The van der Waals surface area contributed by atoms with Crippen LogP contribution in [0, 0.1) is 88.9 Å². The molecule has 2 saturated heterocycles. The second-order valence-corrected chi connectivity index (χ2v) is 34.2. The molecule has 0 N–H and O–H groups in total. The van der Waals surface area contributed by atoms with E-state index < -0.39 is 11.9 Å². The molecule has 2 fully saturated rings. The Bertz CT molecular complexity index is 2550. The molecule has 0 amide bonds. The molecule has 0 aliphatic carbocycles. The molecule has 0 bridgehead atoms. The van der Waals surface area contributed by atoms with E-state index in [0.717, 1.165) is 219 Å². The smallest absolute Gasteiger partial charge is 0.311 e. The predicted molar refractivity (Wildman–Crippen MR) is 402 cm³/mol. The number of carbonyl (C=O) groups is 4. The molecule has 97 heavy (non-hydrogen) atoms. The second-order valence-electron chi connectivity index (χ2n) is 33.0. The van der Waals surface area contributed by atoms with Crippen LogP contribution >= 0.6 is 11.8 Å². The lowest BCUT2D eigenvalue weighted by Gasteiger charge is -2.38. The van der Waals surface area contributed by atoms with Crippen molar-refractivity contribution >= 4 is 35.6 Å². The third kappa shape index (κ3) is 28.5. The summed E-state index contributed by atoms with van der Waals surface area (Å²) in [6.45, 7) is 43.1. The number of thioether (sulfide) groups is 1. The molecule has 0 unspecified atom stereocenters. The molecular weight excluding hydrogens is 1230 g/mol. The van der Waals surface area contributed by atoms with Crippen molar-refractivity contribution in [1.29, 1.82) is 0 Å². The van der Waals surface area contributed by atoms with Gasteiger partial charge < -0.3 is 38.2 Å². The average molecular weight is 1370 g/mol. The molecule has 552 valence electrons. The van der Waals surface area contributed by atoms with Gasteiger partial charge in [-0.3, -0.25) is 19.2 Å². The highest BCUT2D eigenvalue weighted by atomic mass is 32.2. The van der Waals surface area contributed by atoms with Gasteiger partial charge in [0.25, 0.3) is 0 Å². The third-order valence-electron chi connectivity index (χ3n) is 23.3. The van der Waals surface area contributed by atoms with Crippen LogP contribution in [0.15, 0.2) is 0 Å². The third-order valence-corrected chi connectivity index (χ3v) is 24.2. The number of benzene rings is 2. The van der Waals surface area contributed by atoms with Crippen molar-refractivity contribution in [3.63, 3.8) is 0 Å². The lowest BCUT2D eigenvalue weighted by atomic mass is 9.83. The number of ether oxygens (including phenoxy) is 6. The number of carbonyl (C=O) groups excluding carboxylic acids is 4. The van der Waals surface area contributed by atoms with Crippen LogP contribution in [0.3, 0.4) is 0 Å². The molecule has 2 aromatic carbocycles. The van der Waals surface area contributed by atoms with E-state index in [2.05, 4.69) is 92.9 Å². The Morgan fingerprint density at radius 2 is 0.763 bits per heavy atom. The molecule has 2 aromatic rings. The molecular formula is C84H140N2O10S. The molecule has 0 aromatic heterocycles. The summed E-state index contributed by atoms with van der Waals surface area (Å²) in [6.07, 6.45) is 32.9. The highest BCUT2D eigenvalue weighted by molar-refractivity contribution is 7.99. The van der Waals surface area contributed by atoms with Crippen LogP contribution in [0.5, 0.6) is 23.0 Å². The fourth-order valence-electron chi connectivity index (χ4n) is 15.9. The summed E-state index contributed by atoms with van der Waals surface area (Å²) in [7, 11) is 0. The second kappa shape index (κ2) is 41.9.